The predicted octanol–water partition coefficient (Wildman–Crippen LogP) is 8.31. The molecular formula is C30H31N3O3. The van der Waals surface area contributed by atoms with Gasteiger partial charge in [-0.3, -0.25) is 0 Å². The van der Waals surface area contributed by atoms with E-state index in [1.54, 1.807) is 36.4 Å². The molecule has 0 saturated carbocycles. The van der Waals surface area contributed by atoms with Crippen LogP contribution in [0.15, 0.2) is 95.2 Å². The molecule has 0 bridgehead atoms. The first-order chi connectivity index (χ1) is 17.6. The van der Waals surface area contributed by atoms with E-state index in [0.29, 0.717) is 24.4 Å². The van der Waals surface area contributed by atoms with E-state index in [4.69, 9.17) is 4.74 Å². The Bertz CT molecular complexity index is 1320. The number of unbranched alkanes of at least 4 members (excludes halogenated alkanes) is 3. The predicted molar refractivity (Wildman–Crippen MR) is 144 cm³/mol. The zero-order valence-electron chi connectivity index (χ0n) is 20.5. The van der Waals surface area contributed by atoms with E-state index in [-0.39, 0.29) is 11.7 Å². The molecule has 0 heterocycles. The van der Waals surface area contributed by atoms with Crippen molar-refractivity contribution in [3.8, 4) is 5.75 Å². The quantitative estimate of drug-likeness (QED) is 0.128. The number of rotatable bonds is 11. The van der Waals surface area contributed by atoms with Crippen molar-refractivity contribution in [2.75, 3.05) is 11.9 Å². The normalized spacial score (nSPS) is 11.1. The van der Waals surface area contributed by atoms with Crippen LogP contribution in [-0.4, -0.2) is 17.7 Å². The number of azo groups is 1. The Morgan fingerprint density at radius 2 is 1.58 bits per heavy atom. The van der Waals surface area contributed by atoms with Gasteiger partial charge in [0.2, 0.25) is 0 Å². The van der Waals surface area contributed by atoms with Gasteiger partial charge in [0.1, 0.15) is 5.75 Å². The molecule has 0 unspecified atom stereocenters. The highest BCUT2D eigenvalue weighted by molar-refractivity contribution is 6.00. The Morgan fingerprint density at radius 1 is 0.833 bits per heavy atom. The second-order valence-electron chi connectivity index (χ2n) is 8.64. The molecule has 6 heteroatoms. The topological polar surface area (TPSA) is 83.3 Å². The number of phenolic OH excluding ortho intramolecular Hbond substituents is 1. The maximum atomic E-state index is 12.2. The smallest absolute Gasteiger partial charge is 0.338 e. The van der Waals surface area contributed by atoms with Crippen LogP contribution in [0.5, 0.6) is 5.75 Å². The van der Waals surface area contributed by atoms with Crippen molar-refractivity contribution in [3.05, 3.63) is 96.1 Å². The van der Waals surface area contributed by atoms with Gasteiger partial charge in [0.25, 0.3) is 0 Å². The number of aromatic hydroxyl groups is 1. The first-order valence-corrected chi connectivity index (χ1v) is 12.4. The number of fused-ring (bicyclic) bond motifs is 1. The van der Waals surface area contributed by atoms with Crippen LogP contribution >= 0.6 is 0 Å². The van der Waals surface area contributed by atoms with E-state index in [2.05, 4.69) is 28.5 Å². The Kier molecular flexibility index (Phi) is 8.65. The lowest BCUT2D eigenvalue weighted by molar-refractivity contribution is 0.0498. The number of nitrogens with zero attached hydrogens (tertiary/aromatic N) is 2. The van der Waals surface area contributed by atoms with Crippen molar-refractivity contribution in [3.63, 3.8) is 0 Å². The highest BCUT2D eigenvalue weighted by Crippen LogP contribution is 2.33. The van der Waals surface area contributed by atoms with Crippen molar-refractivity contribution in [1.82, 2.24) is 0 Å². The summed E-state index contributed by atoms with van der Waals surface area (Å²) in [5, 5.41) is 23.8. The van der Waals surface area contributed by atoms with Crippen molar-refractivity contribution in [1.29, 1.82) is 0 Å². The third-order valence-corrected chi connectivity index (χ3v) is 5.93. The molecule has 0 aliphatic carbocycles. The number of benzene rings is 4. The largest absolute Gasteiger partial charge is 0.508 e. The van der Waals surface area contributed by atoms with Crippen LogP contribution in [0.2, 0.25) is 0 Å². The van der Waals surface area contributed by atoms with Crippen LogP contribution in [0.1, 0.15) is 48.5 Å². The summed E-state index contributed by atoms with van der Waals surface area (Å²) in [4.78, 5) is 12.2. The molecule has 0 amide bonds. The average Bonchev–Trinajstić information content (AvgIpc) is 2.92. The summed E-state index contributed by atoms with van der Waals surface area (Å²) in [6.45, 7) is 3.24. The SMILES string of the molecule is CCCCCCOC(=O)c1ccc(N=Nc2ccc(NCc3ccc(O)cc3)c3ccccc23)cc1. The molecule has 36 heavy (non-hydrogen) atoms. The van der Waals surface area contributed by atoms with E-state index < -0.39 is 0 Å². The fourth-order valence-electron chi connectivity index (χ4n) is 3.89. The Balaban J connectivity index is 1.42. The van der Waals surface area contributed by atoms with Gasteiger partial charge in [-0.25, -0.2) is 4.79 Å². The molecular weight excluding hydrogens is 450 g/mol. The number of phenols is 1. The van der Waals surface area contributed by atoms with E-state index in [1.165, 1.54) is 0 Å². The minimum atomic E-state index is -0.309. The van der Waals surface area contributed by atoms with E-state index in [9.17, 15) is 9.90 Å². The Labute approximate surface area is 211 Å². The molecule has 4 aromatic carbocycles. The maximum absolute atomic E-state index is 12.2. The second kappa shape index (κ2) is 12.5. The lowest BCUT2D eigenvalue weighted by Gasteiger charge is -2.11. The summed E-state index contributed by atoms with van der Waals surface area (Å²) in [5.74, 6) is -0.0531. The van der Waals surface area contributed by atoms with Crippen LogP contribution in [-0.2, 0) is 11.3 Å². The van der Waals surface area contributed by atoms with Crippen LogP contribution in [0.4, 0.5) is 17.1 Å². The summed E-state index contributed by atoms with van der Waals surface area (Å²) in [6.07, 6.45) is 4.28. The average molecular weight is 482 g/mol. The maximum Gasteiger partial charge on any atom is 0.338 e. The minimum Gasteiger partial charge on any atom is -0.508 e. The summed E-state index contributed by atoms with van der Waals surface area (Å²) < 4.78 is 5.35. The van der Waals surface area contributed by atoms with Gasteiger partial charge in [0.05, 0.1) is 23.5 Å². The number of hydrogen-bond donors (Lipinski definition) is 2. The third-order valence-electron chi connectivity index (χ3n) is 5.93. The van der Waals surface area contributed by atoms with Gasteiger partial charge in [-0.15, -0.1) is 5.11 Å². The number of esters is 1. The Hall–Kier alpha value is -4.19. The van der Waals surface area contributed by atoms with Gasteiger partial charge in [-0.05, 0) is 60.5 Å². The first-order valence-electron chi connectivity index (χ1n) is 12.4. The van der Waals surface area contributed by atoms with Crippen LogP contribution in [0, 0.1) is 0 Å². The van der Waals surface area contributed by atoms with E-state index >= 15 is 0 Å². The van der Waals surface area contributed by atoms with Gasteiger partial charge in [-0.2, -0.15) is 5.11 Å². The summed E-state index contributed by atoms with van der Waals surface area (Å²) in [6, 6.07) is 26.1. The lowest BCUT2D eigenvalue weighted by atomic mass is 10.1. The van der Waals surface area contributed by atoms with Gasteiger partial charge >= 0.3 is 5.97 Å². The highest BCUT2D eigenvalue weighted by Gasteiger charge is 2.08. The minimum absolute atomic E-state index is 0.256. The third kappa shape index (κ3) is 6.69. The molecule has 0 atom stereocenters. The number of carbonyl (C=O) groups is 1. The van der Waals surface area contributed by atoms with Gasteiger partial charge < -0.3 is 15.2 Å². The number of hydrogen-bond acceptors (Lipinski definition) is 6. The Morgan fingerprint density at radius 3 is 2.33 bits per heavy atom. The molecule has 0 spiro atoms. The van der Waals surface area contributed by atoms with Crippen molar-refractivity contribution in [2.45, 2.75) is 39.2 Å². The summed E-state index contributed by atoms with van der Waals surface area (Å²) in [5.41, 5.74) is 4.00. The molecule has 0 radical (unpaired) electrons. The molecule has 0 aliphatic heterocycles. The van der Waals surface area contributed by atoms with Gasteiger partial charge in [-0.1, -0.05) is 62.6 Å². The van der Waals surface area contributed by atoms with Crippen LogP contribution in [0.3, 0.4) is 0 Å². The fraction of sp³-hybridized carbons (Fsp3) is 0.233. The molecule has 184 valence electrons. The zero-order chi connectivity index (χ0) is 25.2. The molecule has 0 aromatic heterocycles. The standard InChI is InChI=1S/C30H31N3O3/c1-2-3-4-7-20-36-30(35)23-12-14-24(15-13-23)32-33-29-19-18-28(26-8-5-6-9-27(26)29)31-21-22-10-16-25(34)17-11-22/h5-6,8-19,31,34H,2-4,7,20-21H2,1H3. The van der Waals surface area contributed by atoms with Crippen molar-refractivity contribution in [2.24, 2.45) is 10.2 Å². The van der Waals surface area contributed by atoms with E-state index in [1.807, 2.05) is 42.5 Å². The fourth-order valence-corrected chi connectivity index (χ4v) is 3.89. The summed E-state index contributed by atoms with van der Waals surface area (Å²) >= 11 is 0. The monoisotopic (exact) mass is 481 g/mol. The molecule has 2 N–H and O–H groups in total. The number of carbonyl (C=O) groups excluding carboxylic acids is 1. The molecule has 6 nitrogen and oxygen atoms in total. The van der Waals surface area contributed by atoms with Gasteiger partial charge in [0.15, 0.2) is 0 Å². The molecule has 4 aromatic rings. The summed E-state index contributed by atoms with van der Waals surface area (Å²) in [7, 11) is 0. The molecule has 0 aliphatic rings. The molecule has 4 rings (SSSR count). The van der Waals surface area contributed by atoms with Crippen LogP contribution in [0.25, 0.3) is 10.8 Å². The second-order valence-corrected chi connectivity index (χ2v) is 8.64. The number of nitrogens with one attached hydrogen (secondary N) is 1. The number of anilines is 1. The molecule has 0 fully saturated rings. The van der Waals surface area contributed by atoms with E-state index in [0.717, 1.165) is 53.4 Å². The van der Waals surface area contributed by atoms with Crippen LogP contribution < -0.4 is 5.32 Å². The highest BCUT2D eigenvalue weighted by atomic mass is 16.5. The number of ether oxygens (including phenoxy) is 1. The van der Waals surface area contributed by atoms with Crippen molar-refractivity contribution < 1.29 is 14.6 Å². The first kappa shape index (κ1) is 24.9. The van der Waals surface area contributed by atoms with Gasteiger partial charge in [0, 0.05) is 23.0 Å². The zero-order valence-corrected chi connectivity index (χ0v) is 20.5. The van der Waals surface area contributed by atoms with Crippen molar-refractivity contribution >= 4 is 33.8 Å². The lowest BCUT2D eigenvalue weighted by Crippen LogP contribution is -2.06. The molecule has 0 saturated heterocycles.